The first-order valence-electron chi connectivity index (χ1n) is 6.30. The van der Waals surface area contributed by atoms with Crippen LogP contribution in [0.1, 0.15) is 12.5 Å². The Morgan fingerprint density at radius 1 is 1.35 bits per heavy atom. The van der Waals surface area contributed by atoms with Gasteiger partial charge in [-0.15, -0.1) is 0 Å². The predicted octanol–water partition coefficient (Wildman–Crippen LogP) is 0.637. The van der Waals surface area contributed by atoms with E-state index in [9.17, 15) is 14.7 Å². The molecule has 1 aliphatic heterocycles. The molecule has 1 amide bonds. The quantitative estimate of drug-likeness (QED) is 0.825. The molecule has 0 bridgehead atoms. The number of para-hydroxylation sites is 1. The molecule has 0 spiro atoms. The van der Waals surface area contributed by atoms with Crippen molar-refractivity contribution in [2.75, 3.05) is 19.7 Å². The summed E-state index contributed by atoms with van der Waals surface area (Å²) in [6.45, 7) is 2.15. The van der Waals surface area contributed by atoms with Crippen molar-refractivity contribution in [3.63, 3.8) is 0 Å². The van der Waals surface area contributed by atoms with Crippen LogP contribution >= 0.6 is 0 Å². The Labute approximate surface area is 116 Å². The molecule has 6 nitrogen and oxygen atoms in total. The van der Waals surface area contributed by atoms with Crippen LogP contribution in [-0.2, 0) is 20.7 Å². The summed E-state index contributed by atoms with van der Waals surface area (Å²) in [6.07, 6.45) is 0.127. The molecule has 0 aliphatic carbocycles. The fourth-order valence-electron chi connectivity index (χ4n) is 2.20. The van der Waals surface area contributed by atoms with Gasteiger partial charge in [0.15, 0.2) is 0 Å². The van der Waals surface area contributed by atoms with Crippen molar-refractivity contribution in [1.29, 1.82) is 0 Å². The number of ether oxygens (including phenoxy) is 1. The van der Waals surface area contributed by atoms with Crippen molar-refractivity contribution in [2.24, 2.45) is 0 Å². The predicted molar refractivity (Wildman–Crippen MR) is 70.4 cm³/mol. The highest BCUT2D eigenvalue weighted by Gasteiger charge is 2.42. The van der Waals surface area contributed by atoms with E-state index >= 15 is 0 Å². The summed E-state index contributed by atoms with van der Waals surface area (Å²) in [4.78, 5) is 24.1. The number of phenols is 1. The van der Waals surface area contributed by atoms with Crippen LogP contribution in [0.3, 0.4) is 0 Å². The van der Waals surface area contributed by atoms with Crippen LogP contribution in [0, 0.1) is 0 Å². The lowest BCUT2D eigenvalue weighted by Crippen LogP contribution is -2.63. The topological polar surface area (TPSA) is 87.1 Å². The molecule has 1 saturated heterocycles. The first-order valence-corrected chi connectivity index (χ1v) is 6.30. The number of aliphatic carboxylic acids is 1. The van der Waals surface area contributed by atoms with Crippen molar-refractivity contribution in [3.8, 4) is 5.75 Å². The zero-order valence-corrected chi connectivity index (χ0v) is 11.2. The van der Waals surface area contributed by atoms with Crippen LogP contribution in [0.25, 0.3) is 0 Å². The van der Waals surface area contributed by atoms with E-state index in [1.54, 1.807) is 36.1 Å². The highest BCUT2D eigenvalue weighted by Crippen LogP contribution is 2.26. The van der Waals surface area contributed by atoms with Crippen molar-refractivity contribution in [2.45, 2.75) is 18.9 Å². The molecule has 0 saturated carbocycles. The Hall–Kier alpha value is -2.08. The number of hydrogen-bond acceptors (Lipinski definition) is 4. The van der Waals surface area contributed by atoms with Crippen molar-refractivity contribution >= 4 is 11.9 Å². The van der Waals surface area contributed by atoms with Gasteiger partial charge in [-0.25, -0.2) is 4.79 Å². The Morgan fingerprint density at radius 2 is 2.00 bits per heavy atom. The van der Waals surface area contributed by atoms with Gasteiger partial charge in [0.05, 0.1) is 19.5 Å². The minimum absolute atomic E-state index is 0.103. The largest absolute Gasteiger partial charge is 0.508 e. The molecule has 0 aromatic heterocycles. The number of carboxylic acids is 1. The molecule has 108 valence electrons. The second kappa shape index (κ2) is 5.50. The minimum Gasteiger partial charge on any atom is -0.508 e. The summed E-state index contributed by atoms with van der Waals surface area (Å²) in [6, 6.07) is 6.70. The second-order valence-electron chi connectivity index (χ2n) is 5.19. The van der Waals surface area contributed by atoms with Gasteiger partial charge in [0, 0.05) is 5.56 Å². The number of aromatic hydroxyl groups is 1. The third-order valence-electron chi connectivity index (χ3n) is 3.28. The smallest absolute Gasteiger partial charge is 0.329 e. The molecule has 1 aliphatic rings. The minimum atomic E-state index is -1.02. The molecule has 1 heterocycles. The summed E-state index contributed by atoms with van der Waals surface area (Å²) >= 11 is 0. The van der Waals surface area contributed by atoms with E-state index in [0.717, 1.165) is 0 Å². The Kier molecular flexibility index (Phi) is 3.94. The number of nitrogens with zero attached hydrogens (tertiary/aromatic N) is 1. The number of amides is 1. The van der Waals surface area contributed by atoms with Crippen LogP contribution in [-0.4, -0.2) is 52.3 Å². The Bertz CT molecular complexity index is 522. The number of carbonyl (C=O) groups is 2. The zero-order valence-electron chi connectivity index (χ0n) is 11.2. The maximum Gasteiger partial charge on any atom is 0.329 e. The van der Waals surface area contributed by atoms with Crippen LogP contribution in [0.2, 0.25) is 0 Å². The number of carboxylic acid groups (broad SMARTS) is 1. The van der Waals surface area contributed by atoms with Crippen LogP contribution in [0.4, 0.5) is 0 Å². The van der Waals surface area contributed by atoms with Crippen LogP contribution in [0.5, 0.6) is 5.75 Å². The molecule has 2 rings (SSSR count). The van der Waals surface area contributed by atoms with E-state index in [-0.39, 0.29) is 24.7 Å². The van der Waals surface area contributed by atoms with Gasteiger partial charge in [-0.05, 0) is 13.0 Å². The summed E-state index contributed by atoms with van der Waals surface area (Å²) in [5.41, 5.74) is -0.00942. The van der Waals surface area contributed by atoms with E-state index in [1.165, 1.54) is 0 Å². The molecule has 2 N–H and O–H groups in total. The third kappa shape index (κ3) is 3.27. The van der Waals surface area contributed by atoms with Gasteiger partial charge in [0.25, 0.3) is 0 Å². The zero-order chi connectivity index (χ0) is 14.8. The molecular weight excluding hydrogens is 262 g/mol. The molecule has 20 heavy (non-hydrogen) atoms. The standard InChI is InChI=1S/C14H17NO5/c1-14(20-7-13(18)19)8-15(9-14)12(17)6-10-4-2-3-5-11(10)16/h2-5,16H,6-9H2,1H3,(H,18,19). The fraction of sp³-hybridized carbons (Fsp3) is 0.429. The Morgan fingerprint density at radius 3 is 2.60 bits per heavy atom. The van der Waals surface area contributed by atoms with Gasteiger partial charge in [-0.2, -0.15) is 0 Å². The van der Waals surface area contributed by atoms with E-state index in [0.29, 0.717) is 18.7 Å². The lowest BCUT2D eigenvalue weighted by Gasteiger charge is -2.47. The average Bonchev–Trinajstić information content (AvgIpc) is 2.35. The van der Waals surface area contributed by atoms with Crippen molar-refractivity contribution < 1.29 is 24.5 Å². The molecule has 1 fully saturated rings. The van der Waals surface area contributed by atoms with Gasteiger partial charge >= 0.3 is 5.97 Å². The number of rotatable bonds is 5. The fourth-order valence-corrected chi connectivity index (χ4v) is 2.20. The van der Waals surface area contributed by atoms with Gasteiger partial charge in [0.2, 0.25) is 5.91 Å². The SMILES string of the molecule is CC1(OCC(=O)O)CN(C(=O)Cc2ccccc2O)C1. The normalized spacial score (nSPS) is 16.6. The number of benzene rings is 1. The van der Waals surface area contributed by atoms with Crippen molar-refractivity contribution in [1.82, 2.24) is 4.90 Å². The van der Waals surface area contributed by atoms with Crippen molar-refractivity contribution in [3.05, 3.63) is 29.8 Å². The maximum absolute atomic E-state index is 12.0. The number of likely N-dealkylation sites (tertiary alicyclic amines) is 1. The third-order valence-corrected chi connectivity index (χ3v) is 3.28. The average molecular weight is 279 g/mol. The Balaban J connectivity index is 1.85. The highest BCUT2D eigenvalue weighted by molar-refractivity contribution is 5.80. The monoisotopic (exact) mass is 279 g/mol. The summed E-state index contributed by atoms with van der Waals surface area (Å²) < 4.78 is 5.24. The number of carbonyl (C=O) groups excluding carboxylic acids is 1. The van der Waals surface area contributed by atoms with E-state index in [4.69, 9.17) is 9.84 Å². The van der Waals surface area contributed by atoms with Gasteiger partial charge in [-0.3, -0.25) is 4.79 Å². The lowest BCUT2D eigenvalue weighted by molar-refractivity contribution is -0.172. The molecule has 0 unspecified atom stereocenters. The van der Waals surface area contributed by atoms with Gasteiger partial charge in [-0.1, -0.05) is 18.2 Å². The first kappa shape index (κ1) is 14.3. The molecule has 1 aromatic rings. The number of phenolic OH excluding ortho intramolecular Hbond substituents is 1. The van der Waals surface area contributed by atoms with E-state index < -0.39 is 11.6 Å². The maximum atomic E-state index is 12.0. The summed E-state index contributed by atoms with van der Waals surface area (Å²) in [5.74, 6) is -1.03. The molecule has 6 heteroatoms. The summed E-state index contributed by atoms with van der Waals surface area (Å²) in [7, 11) is 0. The first-order chi connectivity index (χ1) is 9.39. The van der Waals surface area contributed by atoms with Crippen LogP contribution < -0.4 is 0 Å². The van der Waals surface area contributed by atoms with Gasteiger partial charge in [0.1, 0.15) is 18.0 Å². The molecule has 0 atom stereocenters. The molecule has 0 radical (unpaired) electrons. The lowest BCUT2D eigenvalue weighted by atomic mass is 9.95. The van der Waals surface area contributed by atoms with E-state index in [1.807, 2.05) is 0 Å². The summed E-state index contributed by atoms with van der Waals surface area (Å²) in [5, 5.41) is 18.2. The molecule has 1 aromatic carbocycles. The van der Waals surface area contributed by atoms with Crippen LogP contribution in [0.15, 0.2) is 24.3 Å². The van der Waals surface area contributed by atoms with E-state index in [2.05, 4.69) is 0 Å². The van der Waals surface area contributed by atoms with Gasteiger partial charge < -0.3 is 19.8 Å². The second-order valence-corrected chi connectivity index (χ2v) is 5.19. The molecular formula is C14H17NO5. The number of hydrogen-bond donors (Lipinski definition) is 2. The highest BCUT2D eigenvalue weighted by atomic mass is 16.5.